The zero-order chi connectivity index (χ0) is 22.4. The van der Waals surface area contributed by atoms with Crippen molar-refractivity contribution in [1.82, 2.24) is 0 Å². The van der Waals surface area contributed by atoms with Crippen molar-refractivity contribution < 1.29 is 9.59 Å². The Hall–Kier alpha value is -3.48. The molecule has 2 heterocycles. The van der Waals surface area contributed by atoms with E-state index in [9.17, 15) is 9.59 Å². The van der Waals surface area contributed by atoms with Crippen LogP contribution in [0.3, 0.4) is 0 Å². The largest absolute Gasteiger partial charge is 0.353 e. The van der Waals surface area contributed by atoms with Gasteiger partial charge in [0.05, 0.1) is 29.2 Å². The molecule has 0 aliphatic carbocycles. The Morgan fingerprint density at radius 1 is 0.545 bits per heavy atom. The Kier molecular flexibility index (Phi) is 4.97. The molecule has 4 nitrogen and oxygen atoms in total. The smallest absolute Gasteiger partial charge is 0.172 e. The minimum absolute atomic E-state index is 0.186. The zero-order valence-corrected chi connectivity index (χ0v) is 19.1. The van der Waals surface area contributed by atoms with Crippen molar-refractivity contribution in [2.75, 3.05) is 10.6 Å². The van der Waals surface area contributed by atoms with E-state index in [1.165, 1.54) is 0 Å². The molecule has 0 saturated heterocycles. The monoisotopic (exact) mass is 466 g/mol. The van der Waals surface area contributed by atoms with Crippen LogP contribution in [0.5, 0.6) is 0 Å². The molecule has 33 heavy (non-hydrogen) atoms. The molecule has 4 aromatic carbocycles. The molecule has 6 rings (SSSR count). The number of anilines is 4. The molecule has 0 bridgehead atoms. The van der Waals surface area contributed by atoms with Gasteiger partial charge in [0.25, 0.3) is 0 Å². The SMILES string of the molecule is O=C(CC(=O)c1cccc2c1Nc1ccccc1S2)c1cccc2c1Nc1ccccc1S2. The quantitative estimate of drug-likeness (QED) is 0.206. The Morgan fingerprint density at radius 3 is 1.45 bits per heavy atom. The fourth-order valence-electron chi connectivity index (χ4n) is 4.12. The van der Waals surface area contributed by atoms with E-state index >= 15 is 0 Å². The third-order valence-corrected chi connectivity index (χ3v) is 7.98. The molecule has 0 spiro atoms. The van der Waals surface area contributed by atoms with Gasteiger partial charge in [-0.2, -0.15) is 0 Å². The third kappa shape index (κ3) is 3.61. The maximum absolute atomic E-state index is 13.3. The summed E-state index contributed by atoms with van der Waals surface area (Å²) in [5.41, 5.74) is 4.58. The van der Waals surface area contributed by atoms with Crippen LogP contribution in [0.4, 0.5) is 22.7 Å². The molecular weight excluding hydrogens is 448 g/mol. The first kappa shape index (κ1) is 20.1. The lowest BCUT2D eigenvalue weighted by Gasteiger charge is -2.23. The summed E-state index contributed by atoms with van der Waals surface area (Å²) in [4.78, 5) is 30.8. The molecule has 2 N–H and O–H groups in total. The first-order chi connectivity index (χ1) is 16.2. The Bertz CT molecular complexity index is 1340. The molecule has 0 saturated carbocycles. The highest BCUT2D eigenvalue weighted by atomic mass is 32.2. The lowest BCUT2D eigenvalue weighted by atomic mass is 9.98. The molecule has 0 fully saturated rings. The molecule has 0 atom stereocenters. The normalized spacial score (nSPS) is 12.8. The van der Waals surface area contributed by atoms with Crippen molar-refractivity contribution in [3.63, 3.8) is 0 Å². The van der Waals surface area contributed by atoms with Gasteiger partial charge in [0.2, 0.25) is 0 Å². The second-order valence-corrected chi connectivity index (χ2v) is 9.99. The summed E-state index contributed by atoms with van der Waals surface area (Å²) in [6, 6.07) is 27.3. The van der Waals surface area contributed by atoms with Gasteiger partial charge in [-0.25, -0.2) is 0 Å². The van der Waals surface area contributed by atoms with E-state index in [0.29, 0.717) is 11.1 Å². The van der Waals surface area contributed by atoms with E-state index in [4.69, 9.17) is 0 Å². The van der Waals surface area contributed by atoms with Crippen LogP contribution >= 0.6 is 23.5 Å². The highest BCUT2D eigenvalue weighted by Crippen LogP contribution is 2.47. The molecule has 0 unspecified atom stereocenters. The Labute approximate surface area is 199 Å². The molecule has 0 radical (unpaired) electrons. The van der Waals surface area contributed by atoms with E-state index in [2.05, 4.69) is 22.8 Å². The fourth-order valence-corrected chi connectivity index (χ4v) is 6.16. The summed E-state index contributed by atoms with van der Waals surface area (Å²) >= 11 is 3.26. The summed E-state index contributed by atoms with van der Waals surface area (Å²) in [6.07, 6.45) is -0.186. The predicted molar refractivity (Wildman–Crippen MR) is 134 cm³/mol. The van der Waals surface area contributed by atoms with Gasteiger partial charge in [0.1, 0.15) is 0 Å². The predicted octanol–water partition coefficient (Wildman–Crippen LogP) is 7.56. The number of benzene rings is 4. The summed E-state index contributed by atoms with van der Waals surface area (Å²) in [5.74, 6) is -0.378. The zero-order valence-electron chi connectivity index (χ0n) is 17.4. The summed E-state index contributed by atoms with van der Waals surface area (Å²) in [7, 11) is 0. The summed E-state index contributed by atoms with van der Waals surface area (Å²) < 4.78 is 0. The van der Waals surface area contributed by atoms with Crippen LogP contribution in [0.1, 0.15) is 27.1 Å². The van der Waals surface area contributed by atoms with E-state index in [0.717, 1.165) is 42.3 Å². The average molecular weight is 467 g/mol. The molecular formula is C27H18N2O2S2. The van der Waals surface area contributed by atoms with E-state index in [-0.39, 0.29) is 18.0 Å². The Balaban J connectivity index is 1.28. The first-order valence-corrected chi connectivity index (χ1v) is 12.2. The van der Waals surface area contributed by atoms with Crippen LogP contribution in [0.2, 0.25) is 0 Å². The summed E-state index contributed by atoms with van der Waals surface area (Å²) in [5, 5.41) is 6.79. The molecule has 2 aliphatic rings. The van der Waals surface area contributed by atoms with Crippen molar-refractivity contribution in [2.24, 2.45) is 0 Å². The topological polar surface area (TPSA) is 58.2 Å². The van der Waals surface area contributed by atoms with Gasteiger partial charge < -0.3 is 10.6 Å². The average Bonchev–Trinajstić information content (AvgIpc) is 2.85. The number of hydrogen-bond donors (Lipinski definition) is 2. The van der Waals surface area contributed by atoms with E-state index in [1.54, 1.807) is 35.7 Å². The lowest BCUT2D eigenvalue weighted by molar-refractivity contribution is 0.0895. The van der Waals surface area contributed by atoms with Crippen LogP contribution in [0.25, 0.3) is 0 Å². The third-order valence-electron chi connectivity index (χ3n) is 5.71. The van der Waals surface area contributed by atoms with E-state index < -0.39 is 0 Å². The number of carbonyl (C=O) groups is 2. The number of Topliss-reactive ketones (excluding diaryl/α,β-unsaturated/α-hetero) is 2. The Morgan fingerprint density at radius 2 is 0.970 bits per heavy atom. The highest BCUT2D eigenvalue weighted by Gasteiger charge is 2.26. The second-order valence-electron chi connectivity index (χ2n) is 7.83. The number of hydrogen-bond acceptors (Lipinski definition) is 6. The molecule has 0 aromatic heterocycles. The molecule has 0 amide bonds. The minimum atomic E-state index is -0.189. The number of nitrogens with one attached hydrogen (secondary N) is 2. The van der Waals surface area contributed by atoms with E-state index in [1.807, 2.05) is 60.7 Å². The lowest BCUT2D eigenvalue weighted by Crippen LogP contribution is -2.14. The van der Waals surface area contributed by atoms with Gasteiger partial charge in [-0.05, 0) is 48.5 Å². The summed E-state index contributed by atoms with van der Waals surface area (Å²) in [6.45, 7) is 0. The van der Waals surface area contributed by atoms with Crippen molar-refractivity contribution in [2.45, 2.75) is 26.0 Å². The standard InChI is InChI=1S/C27H18N2O2S2/c30-20(16-7-5-13-24-26(16)28-18-9-1-3-11-22(18)32-24)15-21(31)17-8-6-14-25-27(17)29-19-10-2-4-12-23(19)33-25/h1-14,28-29H,15H2. The molecule has 160 valence electrons. The van der Waals surface area contributed by atoms with Crippen LogP contribution in [-0.4, -0.2) is 11.6 Å². The van der Waals surface area contributed by atoms with Gasteiger partial charge in [-0.1, -0.05) is 59.9 Å². The van der Waals surface area contributed by atoms with Crippen molar-refractivity contribution >= 4 is 57.8 Å². The molecule has 2 aliphatic heterocycles. The van der Waals surface area contributed by atoms with Crippen LogP contribution in [0, 0.1) is 0 Å². The van der Waals surface area contributed by atoms with Crippen LogP contribution in [0.15, 0.2) is 105 Å². The maximum atomic E-state index is 13.3. The fraction of sp³-hybridized carbons (Fsp3) is 0.0370. The van der Waals surface area contributed by atoms with Gasteiger partial charge in [-0.15, -0.1) is 0 Å². The number of rotatable bonds is 4. The van der Waals surface area contributed by atoms with Crippen molar-refractivity contribution in [1.29, 1.82) is 0 Å². The van der Waals surface area contributed by atoms with Gasteiger partial charge in [-0.3, -0.25) is 9.59 Å². The number of para-hydroxylation sites is 4. The van der Waals surface area contributed by atoms with Gasteiger partial charge >= 0.3 is 0 Å². The van der Waals surface area contributed by atoms with Crippen molar-refractivity contribution in [3.8, 4) is 0 Å². The molecule has 4 aromatic rings. The molecule has 6 heteroatoms. The number of carbonyl (C=O) groups excluding carboxylic acids is 2. The second kappa shape index (κ2) is 8.14. The maximum Gasteiger partial charge on any atom is 0.172 e. The van der Waals surface area contributed by atoms with Crippen LogP contribution < -0.4 is 10.6 Å². The first-order valence-electron chi connectivity index (χ1n) is 10.6. The highest BCUT2D eigenvalue weighted by molar-refractivity contribution is 8.00. The van der Waals surface area contributed by atoms with Crippen molar-refractivity contribution in [3.05, 3.63) is 96.1 Å². The van der Waals surface area contributed by atoms with Crippen LogP contribution in [-0.2, 0) is 0 Å². The minimum Gasteiger partial charge on any atom is -0.353 e. The van der Waals surface area contributed by atoms with Gasteiger partial charge in [0.15, 0.2) is 11.6 Å². The number of ketones is 2. The van der Waals surface area contributed by atoms with Gasteiger partial charge in [0, 0.05) is 30.7 Å². The number of fused-ring (bicyclic) bond motifs is 4.